The molecular weight excluding hydrogens is 350 g/mol. The van der Waals surface area contributed by atoms with E-state index in [2.05, 4.69) is 44.9 Å². The van der Waals surface area contributed by atoms with Crippen molar-refractivity contribution in [2.24, 2.45) is 0 Å². The summed E-state index contributed by atoms with van der Waals surface area (Å²) in [6.45, 7) is 5.92. The molecule has 1 atom stereocenters. The Labute approximate surface area is 156 Å². The summed E-state index contributed by atoms with van der Waals surface area (Å²) >= 11 is 3.54. The number of aromatic nitrogens is 4. The zero-order valence-corrected chi connectivity index (χ0v) is 16.1. The molecule has 1 aliphatic rings. The van der Waals surface area contributed by atoms with Gasteiger partial charge < -0.3 is 4.90 Å². The van der Waals surface area contributed by atoms with Crippen LogP contribution in [0.2, 0.25) is 0 Å². The number of nitrogens with zero attached hydrogens (tertiary/aromatic N) is 5. The molecule has 5 nitrogen and oxygen atoms in total. The van der Waals surface area contributed by atoms with Crippen molar-refractivity contribution in [3.8, 4) is 11.4 Å². The Bertz CT molecular complexity index is 808. The van der Waals surface area contributed by atoms with Gasteiger partial charge >= 0.3 is 0 Å². The Hall–Kier alpha value is -1.44. The van der Waals surface area contributed by atoms with Crippen LogP contribution in [0.5, 0.6) is 0 Å². The predicted molar refractivity (Wildman–Crippen MR) is 104 cm³/mol. The third-order valence-electron chi connectivity index (χ3n) is 4.67. The van der Waals surface area contributed by atoms with Gasteiger partial charge in [-0.25, -0.2) is 0 Å². The first kappa shape index (κ1) is 17.0. The molecule has 3 aromatic heterocycles. The highest BCUT2D eigenvalue weighted by Crippen LogP contribution is 2.27. The molecule has 4 rings (SSSR count). The van der Waals surface area contributed by atoms with Crippen molar-refractivity contribution in [2.45, 2.75) is 42.9 Å². The Morgan fingerprint density at radius 3 is 2.80 bits per heavy atom. The SMILES string of the molecule is CCC(CN1CCCCC1)Sc1ccc2nnc(-c3ccsc3)n2n1. The van der Waals surface area contributed by atoms with Crippen molar-refractivity contribution in [1.82, 2.24) is 24.7 Å². The van der Waals surface area contributed by atoms with Crippen LogP contribution in [0.4, 0.5) is 0 Å². The molecule has 0 bridgehead atoms. The minimum absolute atomic E-state index is 0.573. The molecule has 1 fully saturated rings. The first-order valence-corrected chi connectivity index (χ1v) is 10.8. The number of hydrogen-bond acceptors (Lipinski definition) is 6. The average Bonchev–Trinajstić information content (AvgIpc) is 3.31. The number of thioether (sulfide) groups is 1. The quantitative estimate of drug-likeness (QED) is 0.606. The van der Waals surface area contributed by atoms with E-state index in [1.807, 2.05) is 22.3 Å². The Morgan fingerprint density at radius 2 is 2.04 bits per heavy atom. The Balaban J connectivity index is 1.53. The number of likely N-dealkylation sites (tertiary alicyclic amines) is 1. The van der Waals surface area contributed by atoms with Gasteiger partial charge in [0.1, 0.15) is 5.03 Å². The van der Waals surface area contributed by atoms with Crippen molar-refractivity contribution < 1.29 is 0 Å². The monoisotopic (exact) mass is 373 g/mol. The first-order chi connectivity index (χ1) is 12.3. The third-order valence-corrected chi connectivity index (χ3v) is 6.63. The molecular formula is C18H23N5S2. The van der Waals surface area contributed by atoms with E-state index in [9.17, 15) is 0 Å². The molecule has 1 saturated heterocycles. The highest BCUT2D eigenvalue weighted by molar-refractivity contribution is 7.99. The lowest BCUT2D eigenvalue weighted by molar-refractivity contribution is 0.228. The summed E-state index contributed by atoms with van der Waals surface area (Å²) in [4.78, 5) is 2.61. The summed E-state index contributed by atoms with van der Waals surface area (Å²) in [6.07, 6.45) is 5.23. The van der Waals surface area contributed by atoms with Crippen LogP contribution in [0.3, 0.4) is 0 Å². The highest BCUT2D eigenvalue weighted by Gasteiger charge is 2.18. The minimum atomic E-state index is 0.573. The molecule has 1 unspecified atom stereocenters. The summed E-state index contributed by atoms with van der Waals surface area (Å²) in [5.41, 5.74) is 1.88. The average molecular weight is 374 g/mol. The van der Waals surface area contributed by atoms with Gasteiger partial charge in [-0.2, -0.15) is 21.0 Å². The van der Waals surface area contributed by atoms with Crippen molar-refractivity contribution in [3.63, 3.8) is 0 Å². The maximum Gasteiger partial charge on any atom is 0.186 e. The Morgan fingerprint density at radius 1 is 1.16 bits per heavy atom. The van der Waals surface area contributed by atoms with Crippen LogP contribution in [0.1, 0.15) is 32.6 Å². The maximum absolute atomic E-state index is 4.81. The van der Waals surface area contributed by atoms with Crippen LogP contribution in [0.15, 0.2) is 34.0 Å². The lowest BCUT2D eigenvalue weighted by atomic mass is 10.1. The van der Waals surface area contributed by atoms with Crippen LogP contribution >= 0.6 is 23.1 Å². The highest BCUT2D eigenvalue weighted by atomic mass is 32.2. The van der Waals surface area contributed by atoms with Crippen molar-refractivity contribution in [3.05, 3.63) is 29.0 Å². The summed E-state index contributed by atoms with van der Waals surface area (Å²) in [6, 6.07) is 6.16. The summed E-state index contributed by atoms with van der Waals surface area (Å²) < 4.78 is 1.87. The molecule has 0 spiro atoms. The molecule has 3 aromatic rings. The van der Waals surface area contributed by atoms with Crippen LogP contribution < -0.4 is 0 Å². The standard InChI is InChI=1S/C18H23N5S2/c1-2-15(12-22-9-4-3-5-10-22)25-17-7-6-16-19-20-18(23(16)21-17)14-8-11-24-13-14/h6-8,11,13,15H,2-5,9-10,12H2,1H3. The summed E-state index contributed by atoms with van der Waals surface area (Å²) in [7, 11) is 0. The van der Waals surface area contributed by atoms with Gasteiger partial charge in [0.15, 0.2) is 11.5 Å². The third kappa shape index (κ3) is 3.88. The molecule has 4 heterocycles. The number of hydrogen-bond donors (Lipinski definition) is 0. The van der Waals surface area contributed by atoms with E-state index in [-0.39, 0.29) is 0 Å². The molecule has 7 heteroatoms. The lowest BCUT2D eigenvalue weighted by Gasteiger charge is -2.29. The largest absolute Gasteiger partial charge is 0.302 e. The number of fused-ring (bicyclic) bond motifs is 1. The molecule has 0 saturated carbocycles. The van der Waals surface area contributed by atoms with Gasteiger partial charge in [0, 0.05) is 22.7 Å². The van der Waals surface area contributed by atoms with E-state index in [0.29, 0.717) is 5.25 Å². The van der Waals surface area contributed by atoms with Gasteiger partial charge in [-0.3, -0.25) is 0 Å². The van der Waals surface area contributed by atoms with E-state index >= 15 is 0 Å². The molecule has 0 aromatic carbocycles. The molecule has 25 heavy (non-hydrogen) atoms. The topological polar surface area (TPSA) is 46.3 Å². The fourth-order valence-electron chi connectivity index (χ4n) is 3.26. The fourth-order valence-corrected chi connectivity index (χ4v) is 4.96. The van der Waals surface area contributed by atoms with Crippen molar-refractivity contribution in [1.29, 1.82) is 0 Å². The maximum atomic E-state index is 4.81. The van der Waals surface area contributed by atoms with Gasteiger partial charge in [-0.15, -0.1) is 10.2 Å². The molecule has 1 aliphatic heterocycles. The number of thiophene rings is 1. The van der Waals surface area contributed by atoms with E-state index < -0.39 is 0 Å². The van der Waals surface area contributed by atoms with Crippen LogP contribution in [-0.2, 0) is 0 Å². The zero-order valence-electron chi connectivity index (χ0n) is 14.5. The Kier molecular flexibility index (Phi) is 5.33. The van der Waals surface area contributed by atoms with E-state index in [4.69, 9.17) is 5.10 Å². The summed E-state index contributed by atoms with van der Waals surface area (Å²) in [5, 5.41) is 19.1. The van der Waals surface area contributed by atoms with E-state index in [1.54, 1.807) is 11.3 Å². The smallest absolute Gasteiger partial charge is 0.186 e. The fraction of sp³-hybridized carbons (Fsp3) is 0.500. The van der Waals surface area contributed by atoms with E-state index in [1.165, 1.54) is 32.4 Å². The van der Waals surface area contributed by atoms with Crippen LogP contribution in [0.25, 0.3) is 17.0 Å². The molecule has 0 N–H and O–H groups in total. The van der Waals surface area contributed by atoms with Gasteiger partial charge in [0.25, 0.3) is 0 Å². The van der Waals surface area contributed by atoms with Crippen LogP contribution in [-0.4, -0.2) is 49.6 Å². The normalized spacial score (nSPS) is 17.2. The van der Waals surface area contributed by atoms with Crippen LogP contribution in [0, 0.1) is 0 Å². The van der Waals surface area contributed by atoms with Crippen molar-refractivity contribution in [2.75, 3.05) is 19.6 Å². The van der Waals surface area contributed by atoms with E-state index in [0.717, 1.165) is 35.0 Å². The van der Waals surface area contributed by atoms with Gasteiger partial charge in [-0.1, -0.05) is 25.1 Å². The van der Waals surface area contributed by atoms with Gasteiger partial charge in [0.05, 0.1) is 0 Å². The molecule has 0 amide bonds. The zero-order chi connectivity index (χ0) is 17.1. The first-order valence-electron chi connectivity index (χ1n) is 8.97. The number of piperidine rings is 1. The second kappa shape index (κ2) is 7.85. The minimum Gasteiger partial charge on any atom is -0.302 e. The summed E-state index contributed by atoms with van der Waals surface area (Å²) in [5.74, 6) is 0.822. The second-order valence-corrected chi connectivity index (χ2v) is 8.59. The van der Waals surface area contributed by atoms with Gasteiger partial charge in [0.2, 0.25) is 0 Å². The molecule has 0 aliphatic carbocycles. The number of rotatable bonds is 6. The van der Waals surface area contributed by atoms with Gasteiger partial charge in [-0.05, 0) is 55.9 Å². The lowest BCUT2D eigenvalue weighted by Crippen LogP contribution is -2.35. The molecule has 132 valence electrons. The second-order valence-electron chi connectivity index (χ2n) is 6.49. The molecule has 0 radical (unpaired) electrons. The predicted octanol–water partition coefficient (Wildman–Crippen LogP) is 4.21. The van der Waals surface area contributed by atoms with Crippen molar-refractivity contribution >= 4 is 28.7 Å².